The minimum Gasteiger partial charge on any atom is -0.259 e. The summed E-state index contributed by atoms with van der Waals surface area (Å²) in [6.07, 6.45) is 3.75. The summed E-state index contributed by atoms with van der Waals surface area (Å²) in [6, 6.07) is 21.2. The summed E-state index contributed by atoms with van der Waals surface area (Å²) in [5, 5.41) is 2.44. The zero-order valence-electron chi connectivity index (χ0n) is 11.5. The fourth-order valence-corrected chi connectivity index (χ4v) is 4.67. The van der Waals surface area contributed by atoms with Gasteiger partial charge in [-0.25, -0.2) is 0 Å². The van der Waals surface area contributed by atoms with E-state index in [-0.39, 0.29) is 0 Å². The van der Waals surface area contributed by atoms with Gasteiger partial charge in [-0.2, -0.15) is 0 Å². The number of para-hydroxylation sites is 2. The van der Waals surface area contributed by atoms with E-state index in [1.54, 1.807) is 0 Å². The zero-order chi connectivity index (χ0) is 14.1. The fourth-order valence-electron chi connectivity index (χ4n) is 2.83. The number of aromatic nitrogens is 2. The highest BCUT2D eigenvalue weighted by molar-refractivity contribution is 6.71. The predicted molar refractivity (Wildman–Crippen MR) is 88.5 cm³/mol. The highest BCUT2D eigenvalue weighted by atomic mass is 24.5. The zero-order valence-corrected chi connectivity index (χ0v) is 12.9. The van der Waals surface area contributed by atoms with Gasteiger partial charge in [-0.1, -0.05) is 48.5 Å². The van der Waals surface area contributed by atoms with Gasteiger partial charge >= 0.3 is 20.4 Å². The summed E-state index contributed by atoms with van der Waals surface area (Å²) in [7, 11) is 0. The van der Waals surface area contributed by atoms with Gasteiger partial charge in [-0.05, 0) is 22.9 Å². The van der Waals surface area contributed by atoms with E-state index in [0.29, 0.717) is 0 Å². The number of nitrogens with zero attached hydrogens (tertiary/aromatic N) is 2. The van der Waals surface area contributed by atoms with Crippen LogP contribution in [0.3, 0.4) is 0 Å². The van der Waals surface area contributed by atoms with Gasteiger partial charge in [-0.15, -0.1) is 7.39 Å². The molecule has 0 saturated heterocycles. The smallest absolute Gasteiger partial charge is 0.259 e. The van der Waals surface area contributed by atoms with Gasteiger partial charge in [0.2, 0.25) is 0 Å². The van der Waals surface area contributed by atoms with Crippen LogP contribution < -0.4 is 7.39 Å². The molecule has 0 spiro atoms. The lowest BCUT2D eigenvalue weighted by molar-refractivity contribution is 1.42. The Morgan fingerprint density at radius 2 is 1.05 bits per heavy atom. The van der Waals surface area contributed by atoms with Crippen LogP contribution in [-0.2, 0) is 0 Å². The fraction of sp³-hybridized carbons (Fsp3) is 0. The molecule has 2 nitrogen and oxygen atoms in total. The monoisotopic (exact) mass is 280 g/mol. The molecule has 21 heavy (non-hydrogen) atoms. The highest BCUT2D eigenvalue weighted by Gasteiger charge is 2.10. The molecular formula is C18H12MgN2. The van der Waals surface area contributed by atoms with Gasteiger partial charge in [0.15, 0.2) is 0 Å². The van der Waals surface area contributed by atoms with Crippen molar-refractivity contribution in [3.05, 3.63) is 73.1 Å². The average Bonchev–Trinajstić information content (AvgIpc) is 2.56. The molecule has 0 aliphatic rings. The van der Waals surface area contributed by atoms with Gasteiger partial charge in [0, 0.05) is 23.4 Å². The largest absolute Gasteiger partial charge is 0.457 e. The number of hydrogen-bond donors (Lipinski definition) is 0. The number of benzene rings is 2. The van der Waals surface area contributed by atoms with E-state index in [9.17, 15) is 0 Å². The number of hydrogen-bond acceptors (Lipinski definition) is 2. The first-order valence-corrected chi connectivity index (χ1v) is 8.48. The Morgan fingerprint density at radius 1 is 0.571 bits per heavy atom. The molecule has 2 heterocycles. The Labute approximate surface area is 132 Å². The minimum atomic E-state index is -0.603. The molecule has 0 unspecified atom stereocenters. The van der Waals surface area contributed by atoms with Crippen molar-refractivity contribution in [2.45, 2.75) is 0 Å². The molecule has 2 aromatic carbocycles. The lowest BCUT2D eigenvalue weighted by Gasteiger charge is -2.07. The summed E-state index contributed by atoms with van der Waals surface area (Å²) >= 11 is -0.603. The van der Waals surface area contributed by atoms with Crippen LogP contribution in [-0.4, -0.2) is 30.3 Å². The van der Waals surface area contributed by atoms with Crippen LogP contribution in [0.1, 0.15) is 0 Å². The van der Waals surface area contributed by atoms with E-state index in [0.717, 1.165) is 11.0 Å². The van der Waals surface area contributed by atoms with E-state index < -0.39 is 20.4 Å². The van der Waals surface area contributed by atoms with Gasteiger partial charge in [0.1, 0.15) is 0 Å². The van der Waals surface area contributed by atoms with Crippen molar-refractivity contribution in [3.63, 3.8) is 0 Å². The van der Waals surface area contributed by atoms with Crippen molar-refractivity contribution in [2.75, 3.05) is 0 Å². The highest BCUT2D eigenvalue weighted by Crippen LogP contribution is 2.09. The first-order valence-electron chi connectivity index (χ1n) is 7.07. The second-order valence-electron chi connectivity index (χ2n) is 5.16. The molecule has 0 atom stereocenters. The molecule has 2 aromatic heterocycles. The van der Waals surface area contributed by atoms with Crippen molar-refractivity contribution in [1.29, 1.82) is 0 Å². The maximum absolute atomic E-state index is 4.57. The molecular weight excluding hydrogens is 269 g/mol. The molecule has 0 amide bonds. The van der Waals surface area contributed by atoms with Crippen molar-refractivity contribution < 1.29 is 0 Å². The Bertz CT molecular complexity index is 846. The molecule has 0 N–H and O–H groups in total. The maximum Gasteiger partial charge on any atom is 0.457 e. The van der Waals surface area contributed by atoms with Crippen LogP contribution in [0.5, 0.6) is 0 Å². The van der Waals surface area contributed by atoms with E-state index in [2.05, 4.69) is 58.5 Å². The first-order chi connectivity index (χ1) is 10.4. The number of fused-ring (bicyclic) bond motifs is 2. The minimum absolute atomic E-state index is 0.603. The molecule has 0 aliphatic carbocycles. The molecule has 0 radical (unpaired) electrons. The topological polar surface area (TPSA) is 25.8 Å². The second kappa shape index (κ2) is 5.43. The summed E-state index contributed by atoms with van der Waals surface area (Å²) in [6.45, 7) is 0. The molecule has 0 bridgehead atoms. The standard InChI is InChI=1S/2C9H6N.Mg/c2*1-2-6-9-8(4-1)5-3-7-10-9;/h2*1-5,7H;. The summed E-state index contributed by atoms with van der Waals surface area (Å²) in [5.41, 5.74) is 2.28. The number of rotatable bonds is 2. The normalized spacial score (nSPS) is 10.7. The van der Waals surface area contributed by atoms with Crippen LogP contribution in [0.2, 0.25) is 0 Å². The quantitative estimate of drug-likeness (QED) is 0.527. The van der Waals surface area contributed by atoms with Crippen LogP contribution in [0.25, 0.3) is 21.8 Å². The van der Waals surface area contributed by atoms with Crippen LogP contribution >= 0.6 is 0 Å². The van der Waals surface area contributed by atoms with Crippen molar-refractivity contribution in [3.8, 4) is 0 Å². The Hall–Kier alpha value is -1.97. The summed E-state index contributed by atoms with van der Waals surface area (Å²) in [5.74, 6) is 0. The van der Waals surface area contributed by atoms with Crippen LogP contribution in [0, 0.1) is 0 Å². The van der Waals surface area contributed by atoms with E-state index in [4.69, 9.17) is 0 Å². The Morgan fingerprint density at radius 3 is 1.57 bits per heavy atom. The summed E-state index contributed by atoms with van der Waals surface area (Å²) < 4.78 is 2.76. The van der Waals surface area contributed by atoms with Gasteiger partial charge in [0.25, 0.3) is 0 Å². The van der Waals surface area contributed by atoms with E-state index >= 15 is 0 Å². The molecule has 4 rings (SSSR count). The summed E-state index contributed by atoms with van der Waals surface area (Å²) in [4.78, 5) is 9.14. The third-order valence-corrected chi connectivity index (χ3v) is 5.72. The van der Waals surface area contributed by atoms with Crippen LogP contribution in [0.15, 0.2) is 73.1 Å². The van der Waals surface area contributed by atoms with Crippen molar-refractivity contribution >= 4 is 49.6 Å². The Kier molecular flexibility index (Phi) is 3.29. The molecule has 0 aliphatic heterocycles. The van der Waals surface area contributed by atoms with Crippen LogP contribution in [0.4, 0.5) is 0 Å². The first kappa shape index (κ1) is 12.7. The van der Waals surface area contributed by atoms with E-state index in [1.165, 1.54) is 18.2 Å². The lowest BCUT2D eigenvalue weighted by atomic mass is 10.2. The van der Waals surface area contributed by atoms with E-state index in [1.807, 2.05) is 24.5 Å². The van der Waals surface area contributed by atoms with Crippen molar-refractivity contribution in [2.24, 2.45) is 0 Å². The van der Waals surface area contributed by atoms with Gasteiger partial charge in [-0.3, -0.25) is 9.97 Å². The molecule has 96 valence electrons. The van der Waals surface area contributed by atoms with Crippen molar-refractivity contribution in [1.82, 2.24) is 9.97 Å². The molecule has 3 heteroatoms. The predicted octanol–water partition coefficient (Wildman–Crippen LogP) is 2.44. The SMILES string of the molecule is c1cnc2[c]([Mg][c]3cccc4cccnc34)cccc2c1. The average molecular weight is 281 g/mol. The van der Waals surface area contributed by atoms with Gasteiger partial charge < -0.3 is 0 Å². The molecule has 0 saturated carbocycles. The Balaban J connectivity index is 1.87. The van der Waals surface area contributed by atoms with Gasteiger partial charge in [0.05, 0.1) is 0 Å². The lowest BCUT2D eigenvalue weighted by Crippen LogP contribution is -2.29. The third-order valence-electron chi connectivity index (χ3n) is 3.81. The molecule has 4 aromatic rings. The number of pyridine rings is 2. The third kappa shape index (κ3) is 2.39. The second-order valence-corrected chi connectivity index (χ2v) is 7.04. The maximum atomic E-state index is 4.57. The molecule has 0 fully saturated rings.